The van der Waals surface area contributed by atoms with Crippen molar-refractivity contribution in [2.45, 2.75) is 0 Å². The molecule has 0 fully saturated rings. The van der Waals surface area contributed by atoms with Gasteiger partial charge in [-0.1, -0.05) is 0 Å². The first-order valence-corrected chi connectivity index (χ1v) is 5.70. The van der Waals surface area contributed by atoms with Crippen LogP contribution in [0, 0.1) is 11.6 Å². The lowest BCUT2D eigenvalue weighted by Crippen LogP contribution is -2.24. The van der Waals surface area contributed by atoms with Gasteiger partial charge < -0.3 is 9.47 Å². The number of hydrogen-bond acceptors (Lipinski definition) is 5. The van der Waals surface area contributed by atoms with Crippen LogP contribution in [0.3, 0.4) is 0 Å². The molecule has 6 nitrogen and oxygen atoms in total. The molecule has 0 radical (unpaired) electrons. The first kappa shape index (κ1) is 14.6. The summed E-state index contributed by atoms with van der Waals surface area (Å²) >= 11 is 0. The van der Waals surface area contributed by atoms with E-state index in [0.29, 0.717) is 0 Å². The average molecular weight is 296 g/mol. The van der Waals surface area contributed by atoms with Crippen LogP contribution in [-0.2, 0) is 4.74 Å². The second-order valence-corrected chi connectivity index (χ2v) is 3.90. The van der Waals surface area contributed by atoms with E-state index >= 15 is 0 Å². The quantitative estimate of drug-likeness (QED) is 0.799. The maximum Gasteiger partial charge on any atom is 0.362 e. The van der Waals surface area contributed by atoms with Gasteiger partial charge in [0.05, 0.1) is 26.0 Å². The van der Waals surface area contributed by atoms with Crippen molar-refractivity contribution in [3.63, 3.8) is 0 Å². The minimum atomic E-state index is -1.14. The van der Waals surface area contributed by atoms with Crippen molar-refractivity contribution in [3.05, 3.63) is 51.9 Å². The molecule has 2 aromatic rings. The molecule has 0 N–H and O–H groups in total. The van der Waals surface area contributed by atoms with Gasteiger partial charge in [-0.15, -0.1) is 0 Å². The molecule has 0 atom stereocenters. The van der Waals surface area contributed by atoms with Crippen molar-refractivity contribution in [1.29, 1.82) is 0 Å². The molecule has 0 unspecified atom stereocenters. The minimum Gasteiger partial charge on any atom is -0.494 e. The second-order valence-electron chi connectivity index (χ2n) is 3.90. The zero-order chi connectivity index (χ0) is 15.6. The van der Waals surface area contributed by atoms with E-state index in [-0.39, 0.29) is 17.1 Å². The average Bonchev–Trinajstić information content (AvgIpc) is 2.49. The Morgan fingerprint density at radius 2 is 1.90 bits per heavy atom. The third kappa shape index (κ3) is 2.73. The number of rotatable bonds is 3. The van der Waals surface area contributed by atoms with Gasteiger partial charge in [0, 0.05) is 6.07 Å². The standard InChI is InChI=1S/C13H10F2N2O4/c1-20-10-6-11(18)17(16-12(10)13(19)21-2)7-3-4-8(14)9(15)5-7/h3-6H,1-2H3. The fraction of sp³-hybridized carbons (Fsp3) is 0.154. The first-order valence-electron chi connectivity index (χ1n) is 5.70. The lowest BCUT2D eigenvalue weighted by Gasteiger charge is -2.09. The Bertz CT molecular complexity index is 758. The van der Waals surface area contributed by atoms with Crippen LogP contribution in [0.4, 0.5) is 8.78 Å². The summed E-state index contributed by atoms with van der Waals surface area (Å²) in [7, 11) is 2.39. The minimum absolute atomic E-state index is 0.0355. The van der Waals surface area contributed by atoms with Crippen molar-refractivity contribution in [1.82, 2.24) is 9.78 Å². The third-order valence-corrected chi connectivity index (χ3v) is 2.64. The smallest absolute Gasteiger partial charge is 0.362 e. The van der Waals surface area contributed by atoms with Crippen molar-refractivity contribution in [2.75, 3.05) is 14.2 Å². The summed E-state index contributed by atoms with van der Waals surface area (Å²) in [5.74, 6) is -3.11. The van der Waals surface area contributed by atoms with Gasteiger partial charge in [-0.05, 0) is 12.1 Å². The summed E-state index contributed by atoms with van der Waals surface area (Å²) in [6.07, 6.45) is 0. The van der Waals surface area contributed by atoms with Gasteiger partial charge >= 0.3 is 5.97 Å². The Morgan fingerprint density at radius 3 is 2.48 bits per heavy atom. The second kappa shape index (κ2) is 5.70. The highest BCUT2D eigenvalue weighted by Gasteiger charge is 2.18. The number of benzene rings is 1. The maximum absolute atomic E-state index is 13.2. The Balaban J connectivity index is 2.66. The number of aromatic nitrogens is 2. The SMILES string of the molecule is COC(=O)c1nn(-c2ccc(F)c(F)c2)c(=O)cc1OC. The molecule has 1 aromatic heterocycles. The van der Waals surface area contributed by atoms with E-state index in [1.807, 2.05) is 0 Å². The summed E-state index contributed by atoms with van der Waals surface area (Å²) in [5.41, 5.74) is -0.971. The van der Waals surface area contributed by atoms with Gasteiger partial charge in [0.15, 0.2) is 17.4 Å². The Hall–Kier alpha value is -2.77. The van der Waals surface area contributed by atoms with Crippen LogP contribution in [-0.4, -0.2) is 30.0 Å². The number of methoxy groups -OCH3 is 2. The zero-order valence-corrected chi connectivity index (χ0v) is 11.1. The molecule has 21 heavy (non-hydrogen) atoms. The number of carbonyl (C=O) groups is 1. The predicted octanol–water partition coefficient (Wildman–Crippen LogP) is 1.31. The fourth-order valence-electron chi connectivity index (χ4n) is 1.64. The van der Waals surface area contributed by atoms with Crippen LogP contribution < -0.4 is 10.3 Å². The van der Waals surface area contributed by atoms with Gasteiger partial charge in [0.2, 0.25) is 5.69 Å². The normalized spacial score (nSPS) is 10.3. The number of ether oxygens (including phenoxy) is 2. The van der Waals surface area contributed by atoms with E-state index in [1.54, 1.807) is 0 Å². The van der Waals surface area contributed by atoms with Crippen LogP contribution in [0.25, 0.3) is 5.69 Å². The Kier molecular flexibility index (Phi) is 3.97. The van der Waals surface area contributed by atoms with Gasteiger partial charge in [-0.3, -0.25) is 4.79 Å². The highest BCUT2D eigenvalue weighted by Crippen LogP contribution is 2.16. The monoisotopic (exact) mass is 296 g/mol. The lowest BCUT2D eigenvalue weighted by molar-refractivity contribution is 0.0587. The van der Waals surface area contributed by atoms with Crippen LogP contribution in [0.15, 0.2) is 29.1 Å². The summed E-state index contributed by atoms with van der Waals surface area (Å²) in [5, 5.41) is 3.77. The number of hydrogen-bond donors (Lipinski definition) is 0. The topological polar surface area (TPSA) is 70.4 Å². The zero-order valence-electron chi connectivity index (χ0n) is 11.1. The Labute approximate surface area is 117 Å². The van der Waals surface area contributed by atoms with Crippen LogP contribution >= 0.6 is 0 Å². The lowest BCUT2D eigenvalue weighted by atomic mass is 10.3. The molecule has 0 aliphatic carbocycles. The molecule has 1 heterocycles. The number of carbonyl (C=O) groups excluding carboxylic acids is 1. The van der Waals surface area contributed by atoms with Gasteiger partial charge in [-0.2, -0.15) is 9.78 Å². The van der Waals surface area contributed by atoms with Crippen LogP contribution in [0.1, 0.15) is 10.5 Å². The number of esters is 1. The highest BCUT2D eigenvalue weighted by atomic mass is 19.2. The molecule has 0 amide bonds. The fourth-order valence-corrected chi connectivity index (χ4v) is 1.64. The number of halogens is 2. The summed E-state index contributed by atoms with van der Waals surface area (Å²) in [6, 6.07) is 3.79. The van der Waals surface area contributed by atoms with E-state index < -0.39 is 23.2 Å². The van der Waals surface area contributed by atoms with Crippen molar-refractivity contribution >= 4 is 5.97 Å². The largest absolute Gasteiger partial charge is 0.494 e. The molecular formula is C13H10F2N2O4. The molecule has 0 aliphatic heterocycles. The summed E-state index contributed by atoms with van der Waals surface area (Å²) < 4.78 is 36.3. The molecule has 2 rings (SSSR count). The molecular weight excluding hydrogens is 286 g/mol. The molecule has 0 saturated carbocycles. The molecule has 0 aliphatic rings. The van der Waals surface area contributed by atoms with E-state index in [1.165, 1.54) is 7.11 Å². The van der Waals surface area contributed by atoms with Gasteiger partial charge in [0.1, 0.15) is 0 Å². The molecule has 1 aromatic carbocycles. The van der Waals surface area contributed by atoms with Crippen LogP contribution in [0.2, 0.25) is 0 Å². The van der Waals surface area contributed by atoms with E-state index in [4.69, 9.17) is 4.74 Å². The molecule has 0 spiro atoms. The summed E-state index contributed by atoms with van der Waals surface area (Å²) in [6.45, 7) is 0. The van der Waals surface area contributed by atoms with E-state index in [2.05, 4.69) is 9.84 Å². The van der Waals surface area contributed by atoms with Crippen molar-refractivity contribution in [3.8, 4) is 11.4 Å². The molecule has 110 valence electrons. The first-order chi connectivity index (χ1) is 9.97. The van der Waals surface area contributed by atoms with E-state index in [0.717, 1.165) is 36.1 Å². The highest BCUT2D eigenvalue weighted by molar-refractivity contribution is 5.89. The third-order valence-electron chi connectivity index (χ3n) is 2.64. The number of nitrogens with zero attached hydrogens (tertiary/aromatic N) is 2. The van der Waals surface area contributed by atoms with Crippen molar-refractivity contribution < 1.29 is 23.0 Å². The summed E-state index contributed by atoms with van der Waals surface area (Å²) in [4.78, 5) is 23.5. The van der Waals surface area contributed by atoms with Crippen molar-refractivity contribution in [2.24, 2.45) is 0 Å². The van der Waals surface area contributed by atoms with Gasteiger partial charge in [-0.25, -0.2) is 13.6 Å². The molecule has 0 saturated heterocycles. The maximum atomic E-state index is 13.2. The predicted molar refractivity (Wildman–Crippen MR) is 67.6 cm³/mol. The molecule has 0 bridgehead atoms. The van der Waals surface area contributed by atoms with E-state index in [9.17, 15) is 18.4 Å². The van der Waals surface area contributed by atoms with Gasteiger partial charge in [0.25, 0.3) is 5.56 Å². The Morgan fingerprint density at radius 1 is 1.19 bits per heavy atom. The molecule has 8 heteroatoms. The van der Waals surface area contributed by atoms with Crippen LogP contribution in [0.5, 0.6) is 5.75 Å².